The molecule has 2 fully saturated rings. The first kappa shape index (κ1) is 14.1. The lowest BCUT2D eigenvalue weighted by atomic mass is 9.76. The molecular weight excluding hydrogens is 266 g/mol. The summed E-state index contributed by atoms with van der Waals surface area (Å²) in [7, 11) is 0. The molecule has 1 aromatic rings. The minimum atomic E-state index is -0.536. The number of hydrogen-bond donors (Lipinski definition) is 2. The van der Waals surface area contributed by atoms with Crippen molar-refractivity contribution in [2.24, 2.45) is 5.73 Å². The topological polar surface area (TPSA) is 75.4 Å². The number of carbonyl (C=O) groups excluding carboxylic acids is 2. The molecule has 5 heteroatoms. The Labute approximate surface area is 124 Å². The van der Waals surface area contributed by atoms with Gasteiger partial charge in [-0.1, -0.05) is 37.5 Å². The van der Waals surface area contributed by atoms with Crippen LogP contribution in [0.4, 0.5) is 5.69 Å². The fraction of sp³-hybridized carbons (Fsp3) is 0.500. The third kappa shape index (κ3) is 2.53. The molecule has 1 aliphatic heterocycles. The van der Waals surface area contributed by atoms with Crippen LogP contribution in [0.1, 0.15) is 37.7 Å². The van der Waals surface area contributed by atoms with E-state index in [1.54, 1.807) is 4.90 Å². The largest absolute Gasteiger partial charge is 0.346 e. The van der Waals surface area contributed by atoms with E-state index >= 15 is 0 Å². The standard InChI is InChI=1S/C16H21N3O2/c17-16(8-4-1-5-9-16)12-6-2-3-7-13(12)19-11-10-18-14(20)15(19)21/h2-3,6-7H,1,4-5,8-11,17H2,(H,18,20). The van der Waals surface area contributed by atoms with Gasteiger partial charge in [-0.05, 0) is 24.5 Å². The molecule has 112 valence electrons. The summed E-state index contributed by atoms with van der Waals surface area (Å²) in [5.74, 6) is -1.03. The first-order chi connectivity index (χ1) is 10.1. The van der Waals surface area contributed by atoms with Crippen LogP contribution in [-0.2, 0) is 15.1 Å². The van der Waals surface area contributed by atoms with E-state index in [1.807, 2.05) is 24.3 Å². The Morgan fingerprint density at radius 3 is 2.57 bits per heavy atom. The normalized spacial score (nSPS) is 22.0. The predicted molar refractivity (Wildman–Crippen MR) is 80.8 cm³/mol. The number of hydrogen-bond acceptors (Lipinski definition) is 3. The zero-order valence-corrected chi connectivity index (χ0v) is 12.1. The third-order valence-electron chi connectivity index (χ3n) is 4.54. The molecule has 3 N–H and O–H groups in total. The van der Waals surface area contributed by atoms with Gasteiger partial charge in [-0.15, -0.1) is 0 Å². The minimum Gasteiger partial charge on any atom is -0.346 e. The highest BCUT2D eigenvalue weighted by Crippen LogP contribution is 2.39. The van der Waals surface area contributed by atoms with Crippen molar-refractivity contribution in [3.05, 3.63) is 29.8 Å². The van der Waals surface area contributed by atoms with E-state index in [0.29, 0.717) is 13.1 Å². The average molecular weight is 287 g/mol. The zero-order chi connectivity index (χ0) is 14.9. The Kier molecular flexibility index (Phi) is 3.68. The Hall–Kier alpha value is -1.88. The number of carbonyl (C=O) groups is 2. The van der Waals surface area contributed by atoms with Gasteiger partial charge in [0.25, 0.3) is 0 Å². The van der Waals surface area contributed by atoms with Crippen molar-refractivity contribution < 1.29 is 9.59 Å². The smallest absolute Gasteiger partial charge is 0.316 e. The van der Waals surface area contributed by atoms with Gasteiger partial charge in [-0.3, -0.25) is 9.59 Å². The number of rotatable bonds is 2. The maximum atomic E-state index is 12.1. The number of nitrogens with zero attached hydrogens (tertiary/aromatic N) is 1. The summed E-state index contributed by atoms with van der Waals surface area (Å²) >= 11 is 0. The second-order valence-electron chi connectivity index (χ2n) is 5.95. The highest BCUT2D eigenvalue weighted by Gasteiger charge is 2.35. The number of para-hydroxylation sites is 1. The molecule has 0 radical (unpaired) electrons. The Bertz CT molecular complexity index is 564. The van der Waals surface area contributed by atoms with Crippen LogP contribution in [0.25, 0.3) is 0 Å². The summed E-state index contributed by atoms with van der Waals surface area (Å²) < 4.78 is 0. The van der Waals surface area contributed by atoms with E-state index in [2.05, 4.69) is 5.32 Å². The highest BCUT2D eigenvalue weighted by molar-refractivity contribution is 6.41. The van der Waals surface area contributed by atoms with E-state index in [9.17, 15) is 9.59 Å². The number of benzene rings is 1. The molecule has 0 aromatic heterocycles. The van der Waals surface area contributed by atoms with Crippen molar-refractivity contribution in [3.8, 4) is 0 Å². The van der Waals surface area contributed by atoms with Gasteiger partial charge in [0.1, 0.15) is 0 Å². The second kappa shape index (κ2) is 5.48. The monoisotopic (exact) mass is 287 g/mol. The van der Waals surface area contributed by atoms with Gasteiger partial charge in [0.05, 0.1) is 0 Å². The molecule has 2 amide bonds. The van der Waals surface area contributed by atoms with Crippen LogP contribution in [0, 0.1) is 0 Å². The lowest BCUT2D eigenvalue weighted by Crippen LogP contribution is -2.53. The molecule has 21 heavy (non-hydrogen) atoms. The average Bonchev–Trinajstić information content (AvgIpc) is 2.51. The summed E-state index contributed by atoms with van der Waals surface area (Å²) in [5.41, 5.74) is 8.03. The number of piperazine rings is 1. The minimum absolute atomic E-state index is 0.386. The van der Waals surface area contributed by atoms with Gasteiger partial charge < -0.3 is 16.0 Å². The van der Waals surface area contributed by atoms with Crippen LogP contribution < -0.4 is 16.0 Å². The molecule has 0 unspecified atom stereocenters. The Morgan fingerprint density at radius 1 is 1.10 bits per heavy atom. The number of anilines is 1. The van der Waals surface area contributed by atoms with E-state index in [-0.39, 0.29) is 5.54 Å². The first-order valence-corrected chi connectivity index (χ1v) is 7.60. The van der Waals surface area contributed by atoms with Gasteiger partial charge >= 0.3 is 11.8 Å². The maximum absolute atomic E-state index is 12.1. The molecule has 1 aliphatic carbocycles. The number of amides is 2. The quantitative estimate of drug-likeness (QED) is 0.804. The summed E-state index contributed by atoms with van der Waals surface area (Å²) in [6.45, 7) is 0.980. The lowest BCUT2D eigenvalue weighted by Gasteiger charge is -2.38. The molecule has 1 saturated heterocycles. The van der Waals surface area contributed by atoms with Crippen molar-refractivity contribution in [2.75, 3.05) is 18.0 Å². The van der Waals surface area contributed by atoms with Crippen LogP contribution in [0.5, 0.6) is 0 Å². The summed E-state index contributed by atoms with van der Waals surface area (Å²) in [6.07, 6.45) is 5.29. The van der Waals surface area contributed by atoms with Crippen LogP contribution in [0.2, 0.25) is 0 Å². The Balaban J connectivity index is 1.99. The summed E-state index contributed by atoms with van der Waals surface area (Å²) in [4.78, 5) is 25.3. The van der Waals surface area contributed by atoms with Crippen molar-refractivity contribution in [2.45, 2.75) is 37.6 Å². The molecule has 1 heterocycles. The SMILES string of the molecule is NC1(c2ccccc2N2CCNC(=O)C2=O)CCCCC1. The molecular formula is C16H21N3O2. The van der Waals surface area contributed by atoms with E-state index in [4.69, 9.17) is 5.73 Å². The summed E-state index contributed by atoms with van der Waals surface area (Å²) in [5, 5.41) is 2.58. The molecule has 1 saturated carbocycles. The summed E-state index contributed by atoms with van der Waals surface area (Å²) in [6, 6.07) is 7.75. The van der Waals surface area contributed by atoms with E-state index in [1.165, 1.54) is 6.42 Å². The molecule has 3 rings (SSSR count). The van der Waals surface area contributed by atoms with E-state index < -0.39 is 11.8 Å². The molecule has 0 spiro atoms. The van der Waals surface area contributed by atoms with Gasteiger partial charge in [0.2, 0.25) is 0 Å². The second-order valence-corrected chi connectivity index (χ2v) is 5.95. The van der Waals surface area contributed by atoms with Crippen molar-refractivity contribution in [3.63, 3.8) is 0 Å². The van der Waals surface area contributed by atoms with Crippen LogP contribution in [0.3, 0.4) is 0 Å². The molecule has 1 aromatic carbocycles. The molecule has 5 nitrogen and oxygen atoms in total. The van der Waals surface area contributed by atoms with Crippen molar-refractivity contribution in [1.82, 2.24) is 5.32 Å². The van der Waals surface area contributed by atoms with E-state index in [0.717, 1.165) is 36.9 Å². The zero-order valence-electron chi connectivity index (χ0n) is 12.1. The van der Waals surface area contributed by atoms with Gasteiger partial charge in [0, 0.05) is 24.3 Å². The van der Waals surface area contributed by atoms with Gasteiger partial charge in [0.15, 0.2) is 0 Å². The van der Waals surface area contributed by atoms with Crippen LogP contribution in [0.15, 0.2) is 24.3 Å². The van der Waals surface area contributed by atoms with Crippen molar-refractivity contribution in [1.29, 1.82) is 0 Å². The maximum Gasteiger partial charge on any atom is 0.316 e. The lowest BCUT2D eigenvalue weighted by molar-refractivity contribution is -0.138. The first-order valence-electron chi connectivity index (χ1n) is 7.60. The van der Waals surface area contributed by atoms with Gasteiger partial charge in [-0.25, -0.2) is 0 Å². The van der Waals surface area contributed by atoms with Crippen molar-refractivity contribution >= 4 is 17.5 Å². The number of nitrogens with two attached hydrogens (primary N) is 1. The molecule has 0 atom stereocenters. The van der Waals surface area contributed by atoms with Gasteiger partial charge in [-0.2, -0.15) is 0 Å². The third-order valence-corrected chi connectivity index (χ3v) is 4.54. The predicted octanol–water partition coefficient (Wildman–Crippen LogP) is 1.27. The fourth-order valence-corrected chi connectivity index (χ4v) is 3.39. The number of nitrogens with one attached hydrogen (secondary N) is 1. The Morgan fingerprint density at radius 2 is 1.81 bits per heavy atom. The van der Waals surface area contributed by atoms with Crippen LogP contribution >= 0.6 is 0 Å². The molecule has 0 bridgehead atoms. The highest BCUT2D eigenvalue weighted by atomic mass is 16.2. The van der Waals surface area contributed by atoms with Crippen LogP contribution in [-0.4, -0.2) is 24.9 Å². The fourth-order valence-electron chi connectivity index (χ4n) is 3.39. The molecule has 2 aliphatic rings.